The van der Waals surface area contributed by atoms with Crippen LogP contribution in [0.5, 0.6) is 0 Å². The van der Waals surface area contributed by atoms with Gasteiger partial charge in [0.05, 0.1) is 0 Å². The lowest BCUT2D eigenvalue weighted by Gasteiger charge is -2.38. The van der Waals surface area contributed by atoms with Gasteiger partial charge in [-0.15, -0.1) is 0 Å². The van der Waals surface area contributed by atoms with Gasteiger partial charge in [0.15, 0.2) is 0 Å². The molecule has 1 aliphatic heterocycles. The van der Waals surface area contributed by atoms with Crippen molar-refractivity contribution in [2.75, 3.05) is 18.4 Å². The van der Waals surface area contributed by atoms with Crippen LogP contribution in [-0.2, 0) is 10.2 Å². The third-order valence-corrected chi connectivity index (χ3v) is 6.93. The molecule has 1 saturated heterocycles. The summed E-state index contributed by atoms with van der Waals surface area (Å²) in [5.74, 6) is 0. The molecule has 2 fully saturated rings. The quantitative estimate of drug-likeness (QED) is 0.713. The second kappa shape index (κ2) is 6.87. The summed E-state index contributed by atoms with van der Waals surface area (Å²) < 4.78 is 29.3. The molecule has 1 saturated carbocycles. The van der Waals surface area contributed by atoms with E-state index in [0.717, 1.165) is 44.9 Å². The fraction of sp³-hybridized carbons (Fsp3) is 1.00. The van der Waals surface area contributed by atoms with E-state index in [2.05, 4.69) is 15.9 Å². The highest BCUT2D eigenvalue weighted by molar-refractivity contribution is 9.09. The van der Waals surface area contributed by atoms with Crippen LogP contribution >= 0.6 is 15.9 Å². The number of hydrogen-bond acceptors (Lipinski definition) is 2. The van der Waals surface area contributed by atoms with E-state index in [4.69, 9.17) is 0 Å². The number of rotatable bonds is 5. The summed E-state index contributed by atoms with van der Waals surface area (Å²) in [6, 6.07) is 0.370. The lowest BCUT2D eigenvalue weighted by atomic mass is 10.1. The van der Waals surface area contributed by atoms with Crippen molar-refractivity contribution in [1.82, 2.24) is 8.61 Å². The lowest BCUT2D eigenvalue weighted by Crippen LogP contribution is -2.52. The first-order valence-electron chi connectivity index (χ1n) is 7.42. The molecule has 0 aromatic heterocycles. The highest BCUT2D eigenvalue weighted by Gasteiger charge is 2.38. The third-order valence-electron chi connectivity index (χ3n) is 4.37. The predicted molar refractivity (Wildman–Crippen MR) is 81.7 cm³/mol. The van der Waals surface area contributed by atoms with Gasteiger partial charge >= 0.3 is 0 Å². The zero-order chi connectivity index (χ0) is 13.9. The Morgan fingerprint density at radius 1 is 1.16 bits per heavy atom. The smallest absolute Gasteiger partial charge is 0.195 e. The minimum absolute atomic E-state index is 0.151. The van der Waals surface area contributed by atoms with Crippen LogP contribution in [0.15, 0.2) is 0 Å². The molecule has 0 spiro atoms. The van der Waals surface area contributed by atoms with Gasteiger partial charge in [-0.05, 0) is 32.6 Å². The number of nitrogens with zero attached hydrogens (tertiary/aromatic N) is 2. The van der Waals surface area contributed by atoms with Gasteiger partial charge in [0.1, 0.15) is 0 Å². The Morgan fingerprint density at radius 2 is 1.79 bits per heavy atom. The SMILES string of the molecule is CC1CCCCN1S(=O)(=O)N(CCBr)C1CCCC1. The molecule has 2 rings (SSSR count). The Morgan fingerprint density at radius 3 is 2.37 bits per heavy atom. The van der Waals surface area contributed by atoms with Crippen LogP contribution in [-0.4, -0.2) is 47.5 Å². The molecule has 2 aliphatic rings. The van der Waals surface area contributed by atoms with Crippen LogP contribution in [0.1, 0.15) is 51.9 Å². The maximum atomic E-state index is 12.9. The summed E-state index contributed by atoms with van der Waals surface area (Å²) in [6.07, 6.45) is 7.50. The Labute approximate surface area is 125 Å². The van der Waals surface area contributed by atoms with E-state index in [-0.39, 0.29) is 12.1 Å². The molecule has 0 aromatic carbocycles. The molecule has 6 heteroatoms. The topological polar surface area (TPSA) is 40.6 Å². The van der Waals surface area contributed by atoms with Gasteiger partial charge in [-0.25, -0.2) is 0 Å². The molecule has 1 unspecified atom stereocenters. The van der Waals surface area contributed by atoms with Crippen LogP contribution in [0.3, 0.4) is 0 Å². The first kappa shape index (κ1) is 15.7. The fourth-order valence-electron chi connectivity index (χ4n) is 3.31. The second-order valence-corrected chi connectivity index (χ2v) is 8.33. The normalized spacial score (nSPS) is 27.2. The summed E-state index contributed by atoms with van der Waals surface area (Å²) in [6.45, 7) is 3.32. The van der Waals surface area contributed by atoms with Gasteiger partial charge in [0.2, 0.25) is 0 Å². The van der Waals surface area contributed by atoms with E-state index in [0.29, 0.717) is 18.4 Å². The van der Waals surface area contributed by atoms with E-state index in [1.54, 1.807) is 8.61 Å². The maximum Gasteiger partial charge on any atom is 0.282 e. The molecule has 0 bridgehead atoms. The van der Waals surface area contributed by atoms with Crippen molar-refractivity contribution in [3.8, 4) is 0 Å². The van der Waals surface area contributed by atoms with E-state index >= 15 is 0 Å². The average molecular weight is 353 g/mol. The number of hydrogen-bond donors (Lipinski definition) is 0. The van der Waals surface area contributed by atoms with Crippen molar-refractivity contribution in [2.45, 2.75) is 64.0 Å². The first-order chi connectivity index (χ1) is 9.07. The monoisotopic (exact) mass is 352 g/mol. The summed E-state index contributed by atoms with van der Waals surface area (Å²) >= 11 is 3.40. The van der Waals surface area contributed by atoms with Crippen molar-refractivity contribution in [3.63, 3.8) is 0 Å². The first-order valence-corrected chi connectivity index (χ1v) is 9.94. The van der Waals surface area contributed by atoms with Gasteiger partial charge in [0, 0.05) is 30.5 Å². The van der Waals surface area contributed by atoms with Crippen molar-refractivity contribution < 1.29 is 8.42 Å². The molecule has 1 atom stereocenters. The molecule has 19 heavy (non-hydrogen) atoms. The van der Waals surface area contributed by atoms with E-state index in [9.17, 15) is 8.42 Å². The Bertz CT molecular complexity index is 382. The summed E-state index contributed by atoms with van der Waals surface area (Å²) in [4.78, 5) is 0. The minimum atomic E-state index is -3.28. The average Bonchev–Trinajstić information content (AvgIpc) is 2.89. The summed E-state index contributed by atoms with van der Waals surface area (Å²) in [5, 5.41) is 0.713. The molecule has 112 valence electrons. The van der Waals surface area contributed by atoms with E-state index in [1.165, 1.54) is 0 Å². The molecular formula is C13H25BrN2O2S. The zero-order valence-electron chi connectivity index (χ0n) is 11.7. The molecule has 0 amide bonds. The molecule has 0 radical (unpaired) electrons. The highest BCUT2D eigenvalue weighted by Crippen LogP contribution is 2.29. The summed E-state index contributed by atoms with van der Waals surface area (Å²) in [5.41, 5.74) is 0. The van der Waals surface area contributed by atoms with Gasteiger partial charge < -0.3 is 0 Å². The van der Waals surface area contributed by atoms with Crippen molar-refractivity contribution in [3.05, 3.63) is 0 Å². The van der Waals surface area contributed by atoms with Crippen molar-refractivity contribution in [1.29, 1.82) is 0 Å². The Hall–Kier alpha value is 0.350. The van der Waals surface area contributed by atoms with Crippen LogP contribution in [0.4, 0.5) is 0 Å². The second-order valence-electron chi connectivity index (χ2n) is 5.70. The van der Waals surface area contributed by atoms with Gasteiger partial charge in [-0.2, -0.15) is 17.0 Å². The van der Waals surface area contributed by atoms with Crippen LogP contribution < -0.4 is 0 Å². The van der Waals surface area contributed by atoms with Gasteiger partial charge in [-0.3, -0.25) is 0 Å². The number of alkyl halides is 1. The molecule has 0 N–H and O–H groups in total. The highest BCUT2D eigenvalue weighted by atomic mass is 79.9. The maximum absolute atomic E-state index is 12.9. The lowest BCUT2D eigenvalue weighted by molar-refractivity contribution is 0.231. The van der Waals surface area contributed by atoms with Gasteiger partial charge in [0.25, 0.3) is 10.2 Å². The standard InChI is InChI=1S/C13H25BrN2O2S/c1-12-6-4-5-10-15(12)19(17,18)16(11-9-14)13-7-2-3-8-13/h12-13H,2-11H2,1H3. The molecule has 1 heterocycles. The Kier molecular flexibility index (Phi) is 5.69. The fourth-order valence-corrected chi connectivity index (χ4v) is 6.03. The van der Waals surface area contributed by atoms with Crippen molar-refractivity contribution >= 4 is 26.1 Å². The predicted octanol–water partition coefficient (Wildman–Crippen LogP) is 2.75. The number of piperidine rings is 1. The number of halogens is 1. The van der Waals surface area contributed by atoms with E-state index < -0.39 is 10.2 Å². The largest absolute Gasteiger partial charge is 0.282 e. The van der Waals surface area contributed by atoms with Crippen LogP contribution in [0, 0.1) is 0 Å². The minimum Gasteiger partial charge on any atom is -0.195 e. The third kappa shape index (κ3) is 3.52. The molecule has 0 aromatic rings. The van der Waals surface area contributed by atoms with Gasteiger partial charge in [-0.1, -0.05) is 35.2 Å². The van der Waals surface area contributed by atoms with Crippen LogP contribution in [0.2, 0.25) is 0 Å². The van der Waals surface area contributed by atoms with Crippen LogP contribution in [0.25, 0.3) is 0 Å². The molecule has 1 aliphatic carbocycles. The summed E-state index contributed by atoms with van der Waals surface area (Å²) in [7, 11) is -3.28. The molecular weight excluding hydrogens is 328 g/mol. The van der Waals surface area contributed by atoms with E-state index in [1.807, 2.05) is 6.92 Å². The Balaban J connectivity index is 2.17. The van der Waals surface area contributed by atoms with Crippen molar-refractivity contribution in [2.24, 2.45) is 0 Å². The molecule has 4 nitrogen and oxygen atoms in total. The zero-order valence-corrected chi connectivity index (χ0v) is 14.1.